The van der Waals surface area contributed by atoms with E-state index in [-0.39, 0.29) is 0 Å². The summed E-state index contributed by atoms with van der Waals surface area (Å²) in [5, 5.41) is 0.410. The Morgan fingerprint density at radius 1 is 1.33 bits per heavy atom. The van der Waals surface area contributed by atoms with E-state index in [9.17, 15) is 0 Å². The number of nitrogens with two attached hydrogens (primary N) is 1. The van der Waals surface area contributed by atoms with E-state index in [2.05, 4.69) is 11.9 Å². The molecule has 0 amide bonds. The highest BCUT2D eigenvalue weighted by Gasteiger charge is 2.02. The van der Waals surface area contributed by atoms with E-state index in [0.717, 1.165) is 6.42 Å². The summed E-state index contributed by atoms with van der Waals surface area (Å²) in [6.07, 6.45) is 4.66. The fourth-order valence-corrected chi connectivity index (χ4v) is 1.38. The molecular weight excluding hydrogens is 212 g/mol. The monoisotopic (exact) mass is 228 g/mol. The van der Waals surface area contributed by atoms with Gasteiger partial charge >= 0.3 is 0 Å². The molecule has 4 heteroatoms. The van der Waals surface area contributed by atoms with Crippen molar-refractivity contribution >= 4 is 17.3 Å². The quantitative estimate of drug-likeness (QED) is 0.601. The lowest BCUT2D eigenvalue weighted by Crippen LogP contribution is -2.02. The van der Waals surface area contributed by atoms with Crippen LogP contribution in [-0.4, -0.2) is 11.6 Å². The Hall–Kier alpha value is -0.960. The Bertz CT molecular complexity index is 305. The molecule has 0 radical (unpaired) electrons. The van der Waals surface area contributed by atoms with Gasteiger partial charge in [-0.05, 0) is 18.6 Å². The Labute approximate surface area is 95.6 Å². The normalized spacial score (nSPS) is 10.3. The number of nitrogens with zero attached hydrogens (tertiary/aromatic N) is 1. The fourth-order valence-electron chi connectivity index (χ4n) is 1.24. The summed E-state index contributed by atoms with van der Waals surface area (Å²) < 4.78 is 5.44. The molecule has 3 nitrogen and oxygen atoms in total. The molecule has 1 aromatic heterocycles. The SMILES string of the molecule is CCCCCCOc1nc(Cl)ccc1N. The number of halogens is 1. The lowest BCUT2D eigenvalue weighted by Gasteiger charge is -2.07. The summed E-state index contributed by atoms with van der Waals surface area (Å²) in [6.45, 7) is 2.83. The van der Waals surface area contributed by atoms with E-state index in [1.165, 1.54) is 19.3 Å². The molecule has 0 aliphatic heterocycles. The molecule has 0 spiro atoms. The summed E-state index contributed by atoms with van der Waals surface area (Å²) in [4.78, 5) is 4.01. The summed E-state index contributed by atoms with van der Waals surface area (Å²) >= 11 is 5.73. The number of pyridine rings is 1. The standard InChI is InChI=1S/C11H17ClN2O/c1-2-3-4-5-8-15-11-9(13)6-7-10(12)14-11/h6-7H,2-5,8,13H2,1H3. The molecule has 0 saturated heterocycles. The maximum atomic E-state index is 5.73. The maximum Gasteiger partial charge on any atom is 0.238 e. The first-order chi connectivity index (χ1) is 7.24. The van der Waals surface area contributed by atoms with Gasteiger partial charge in [-0.25, -0.2) is 0 Å². The first kappa shape index (κ1) is 12.1. The Kier molecular flexibility index (Phi) is 5.26. The van der Waals surface area contributed by atoms with Crippen molar-refractivity contribution in [2.75, 3.05) is 12.3 Å². The molecule has 0 saturated carbocycles. The molecular formula is C11H17ClN2O. The molecule has 2 N–H and O–H groups in total. The minimum Gasteiger partial charge on any atom is -0.476 e. The zero-order chi connectivity index (χ0) is 11.1. The smallest absolute Gasteiger partial charge is 0.238 e. The molecule has 15 heavy (non-hydrogen) atoms. The fraction of sp³-hybridized carbons (Fsp3) is 0.545. The van der Waals surface area contributed by atoms with Crippen molar-refractivity contribution in [3.63, 3.8) is 0 Å². The van der Waals surface area contributed by atoms with E-state index >= 15 is 0 Å². The van der Waals surface area contributed by atoms with Gasteiger partial charge in [0.15, 0.2) is 0 Å². The molecule has 0 bridgehead atoms. The molecule has 1 heterocycles. The van der Waals surface area contributed by atoms with Crippen LogP contribution in [0.25, 0.3) is 0 Å². The second kappa shape index (κ2) is 6.51. The predicted molar refractivity (Wildman–Crippen MR) is 63.3 cm³/mol. The second-order valence-electron chi connectivity index (χ2n) is 3.44. The van der Waals surface area contributed by atoms with Gasteiger partial charge in [0, 0.05) is 0 Å². The van der Waals surface area contributed by atoms with Crippen molar-refractivity contribution in [1.82, 2.24) is 4.98 Å². The van der Waals surface area contributed by atoms with E-state index in [0.29, 0.717) is 23.3 Å². The third-order valence-corrected chi connectivity index (χ3v) is 2.30. The molecule has 84 valence electrons. The minimum atomic E-state index is 0.410. The highest BCUT2D eigenvalue weighted by Crippen LogP contribution is 2.20. The van der Waals surface area contributed by atoms with Crippen LogP contribution >= 0.6 is 11.6 Å². The van der Waals surface area contributed by atoms with Gasteiger partial charge < -0.3 is 10.5 Å². The number of ether oxygens (including phenoxy) is 1. The van der Waals surface area contributed by atoms with Crippen molar-refractivity contribution in [2.45, 2.75) is 32.6 Å². The molecule has 1 aromatic rings. The van der Waals surface area contributed by atoms with Crippen molar-refractivity contribution in [3.05, 3.63) is 17.3 Å². The van der Waals surface area contributed by atoms with Crippen LogP contribution in [0.1, 0.15) is 32.6 Å². The highest BCUT2D eigenvalue weighted by atomic mass is 35.5. The highest BCUT2D eigenvalue weighted by molar-refractivity contribution is 6.29. The number of anilines is 1. The first-order valence-corrected chi connectivity index (χ1v) is 5.66. The lowest BCUT2D eigenvalue weighted by molar-refractivity contribution is 0.295. The third kappa shape index (κ3) is 4.38. The average molecular weight is 229 g/mol. The van der Waals surface area contributed by atoms with Gasteiger partial charge in [0.25, 0.3) is 0 Å². The summed E-state index contributed by atoms with van der Waals surface area (Å²) in [7, 11) is 0. The van der Waals surface area contributed by atoms with Crippen LogP contribution in [0.3, 0.4) is 0 Å². The van der Waals surface area contributed by atoms with Crippen LogP contribution in [0.5, 0.6) is 5.88 Å². The van der Waals surface area contributed by atoms with Crippen LogP contribution < -0.4 is 10.5 Å². The molecule has 0 unspecified atom stereocenters. The molecule has 0 aliphatic carbocycles. The second-order valence-corrected chi connectivity index (χ2v) is 3.82. The van der Waals surface area contributed by atoms with Crippen molar-refractivity contribution in [2.24, 2.45) is 0 Å². The number of hydrogen-bond acceptors (Lipinski definition) is 3. The van der Waals surface area contributed by atoms with Crippen LogP contribution in [0, 0.1) is 0 Å². The lowest BCUT2D eigenvalue weighted by atomic mass is 10.2. The number of aromatic nitrogens is 1. The number of nitrogen functional groups attached to an aromatic ring is 1. The largest absolute Gasteiger partial charge is 0.476 e. The van der Waals surface area contributed by atoms with Gasteiger partial charge in [-0.3, -0.25) is 0 Å². The average Bonchev–Trinajstić information content (AvgIpc) is 2.23. The molecule has 0 fully saturated rings. The minimum absolute atomic E-state index is 0.410. The van der Waals surface area contributed by atoms with Gasteiger partial charge in [-0.15, -0.1) is 0 Å². The number of rotatable bonds is 6. The zero-order valence-corrected chi connectivity index (χ0v) is 9.76. The summed E-state index contributed by atoms with van der Waals surface area (Å²) in [5.74, 6) is 0.444. The molecule has 0 aromatic carbocycles. The van der Waals surface area contributed by atoms with Gasteiger partial charge in [0.2, 0.25) is 5.88 Å². The summed E-state index contributed by atoms with van der Waals surface area (Å²) in [6, 6.07) is 3.36. The number of unbranched alkanes of at least 4 members (excludes halogenated alkanes) is 3. The molecule has 0 aliphatic rings. The number of hydrogen-bond donors (Lipinski definition) is 1. The van der Waals surface area contributed by atoms with E-state index < -0.39 is 0 Å². The van der Waals surface area contributed by atoms with Gasteiger partial charge in [-0.1, -0.05) is 37.8 Å². The van der Waals surface area contributed by atoms with Crippen molar-refractivity contribution in [3.8, 4) is 5.88 Å². The Balaban J connectivity index is 2.33. The molecule has 1 rings (SSSR count). The van der Waals surface area contributed by atoms with Crippen molar-refractivity contribution < 1.29 is 4.74 Å². The van der Waals surface area contributed by atoms with E-state index in [4.69, 9.17) is 22.1 Å². The first-order valence-electron chi connectivity index (χ1n) is 5.29. The third-order valence-electron chi connectivity index (χ3n) is 2.09. The maximum absolute atomic E-state index is 5.73. The van der Waals surface area contributed by atoms with Crippen LogP contribution in [0.15, 0.2) is 12.1 Å². The van der Waals surface area contributed by atoms with Gasteiger partial charge in [-0.2, -0.15) is 4.98 Å². The zero-order valence-electron chi connectivity index (χ0n) is 9.00. The van der Waals surface area contributed by atoms with Gasteiger partial charge in [0.1, 0.15) is 5.15 Å². The topological polar surface area (TPSA) is 48.1 Å². The van der Waals surface area contributed by atoms with E-state index in [1.54, 1.807) is 12.1 Å². The van der Waals surface area contributed by atoms with Crippen LogP contribution in [0.4, 0.5) is 5.69 Å². The Morgan fingerprint density at radius 2 is 2.13 bits per heavy atom. The van der Waals surface area contributed by atoms with E-state index in [1.807, 2.05) is 0 Å². The Morgan fingerprint density at radius 3 is 2.87 bits per heavy atom. The van der Waals surface area contributed by atoms with Gasteiger partial charge in [0.05, 0.1) is 12.3 Å². The van der Waals surface area contributed by atoms with Crippen molar-refractivity contribution in [1.29, 1.82) is 0 Å². The molecule has 0 atom stereocenters. The van der Waals surface area contributed by atoms with Crippen LogP contribution in [0.2, 0.25) is 5.15 Å². The predicted octanol–water partition coefficient (Wildman–Crippen LogP) is 3.28. The summed E-state index contributed by atoms with van der Waals surface area (Å²) in [5.41, 5.74) is 6.22. The van der Waals surface area contributed by atoms with Crippen LogP contribution in [-0.2, 0) is 0 Å².